The van der Waals surface area contributed by atoms with Gasteiger partial charge in [-0.15, -0.1) is 0 Å². The van der Waals surface area contributed by atoms with E-state index < -0.39 is 29.3 Å². The normalized spacial score (nSPS) is 11.9. The van der Waals surface area contributed by atoms with Crippen molar-refractivity contribution in [2.45, 2.75) is 32.5 Å². The van der Waals surface area contributed by atoms with Gasteiger partial charge >= 0.3 is 12.3 Å². The van der Waals surface area contributed by atoms with E-state index in [9.17, 15) is 22.8 Å². The summed E-state index contributed by atoms with van der Waals surface area (Å²) >= 11 is 0. The van der Waals surface area contributed by atoms with Crippen molar-refractivity contribution in [1.29, 1.82) is 0 Å². The summed E-state index contributed by atoms with van der Waals surface area (Å²) in [6.45, 7) is 4.72. The minimum Gasteiger partial charge on any atom is -0.442 e. The Hall–Kier alpha value is -3.90. The number of nitrogens with zero attached hydrogens (tertiary/aromatic N) is 5. The highest BCUT2D eigenvalue weighted by Gasteiger charge is 2.34. The Kier molecular flexibility index (Phi) is 5.92. The molecule has 3 aromatic rings. The number of alkyl halides is 3. The number of anilines is 2. The molecule has 0 aliphatic carbocycles. The number of aldehydes is 1. The largest absolute Gasteiger partial charge is 0.442 e. The predicted molar refractivity (Wildman–Crippen MR) is 108 cm³/mol. The average molecular weight is 451 g/mol. The van der Waals surface area contributed by atoms with Crippen LogP contribution in [0.25, 0.3) is 16.9 Å². The quantitative estimate of drug-likeness (QED) is 0.447. The molecule has 3 aromatic heterocycles. The van der Waals surface area contributed by atoms with Crippen molar-refractivity contribution < 1.29 is 27.5 Å². The summed E-state index contributed by atoms with van der Waals surface area (Å²) in [5, 5.41) is 5.17. The third-order valence-electron chi connectivity index (χ3n) is 3.96. The molecule has 0 saturated carbocycles. The molecular weight excluding hydrogens is 431 g/mol. The minimum atomic E-state index is -4.66. The van der Waals surface area contributed by atoms with Gasteiger partial charge in [-0.1, -0.05) is 0 Å². The number of rotatable bonds is 5. The number of nitrogen functional groups attached to an aromatic ring is 1. The average Bonchev–Trinajstić information content (AvgIpc) is 3.07. The molecule has 0 aliphatic rings. The fourth-order valence-electron chi connectivity index (χ4n) is 2.63. The summed E-state index contributed by atoms with van der Waals surface area (Å²) in [5.74, 6) is -0.470. The highest BCUT2D eigenvalue weighted by molar-refractivity contribution is 5.73. The van der Waals surface area contributed by atoms with Crippen LogP contribution in [0.3, 0.4) is 0 Å². The van der Waals surface area contributed by atoms with E-state index in [1.165, 1.54) is 29.0 Å². The number of hydrogen-bond donors (Lipinski definition) is 2. The van der Waals surface area contributed by atoms with Crippen LogP contribution in [0.15, 0.2) is 30.6 Å². The Labute approximate surface area is 180 Å². The lowest BCUT2D eigenvalue weighted by Crippen LogP contribution is -2.41. The van der Waals surface area contributed by atoms with E-state index in [4.69, 9.17) is 10.5 Å². The van der Waals surface area contributed by atoms with Crippen LogP contribution in [0.4, 0.5) is 29.6 Å². The van der Waals surface area contributed by atoms with Crippen molar-refractivity contribution in [1.82, 2.24) is 24.6 Å². The van der Waals surface area contributed by atoms with Gasteiger partial charge in [0, 0.05) is 11.8 Å². The lowest BCUT2D eigenvalue weighted by Gasteiger charge is -2.26. The summed E-state index contributed by atoms with van der Waals surface area (Å²) < 4.78 is 45.9. The number of carbonyl (C=O) groups is 2. The van der Waals surface area contributed by atoms with Gasteiger partial charge in [0.05, 0.1) is 17.5 Å². The smallest absolute Gasteiger partial charge is 0.429 e. The lowest BCUT2D eigenvalue weighted by atomic mass is 10.1. The molecule has 0 saturated heterocycles. The number of fused-ring (bicyclic) bond motifs is 1. The monoisotopic (exact) mass is 451 g/mol. The van der Waals surface area contributed by atoms with E-state index in [0.29, 0.717) is 11.9 Å². The van der Waals surface area contributed by atoms with E-state index in [1.54, 1.807) is 20.8 Å². The zero-order chi connectivity index (χ0) is 23.7. The number of carbonyl (C=O) groups excluding carboxylic acids is 2. The number of amides is 1. The fraction of sp³-hybridized carbons (Fsp3) is 0.316. The molecular formula is C19H20F3N7O3. The van der Waals surface area contributed by atoms with Gasteiger partial charge in [-0.25, -0.2) is 24.3 Å². The van der Waals surface area contributed by atoms with Gasteiger partial charge in [0.15, 0.2) is 11.5 Å². The second kappa shape index (κ2) is 8.32. The van der Waals surface area contributed by atoms with Gasteiger partial charge in [0.2, 0.25) is 0 Å². The maximum Gasteiger partial charge on any atom is 0.429 e. The minimum absolute atomic E-state index is 0.105. The van der Waals surface area contributed by atoms with Crippen LogP contribution in [-0.2, 0) is 15.7 Å². The molecule has 13 heteroatoms. The molecule has 32 heavy (non-hydrogen) atoms. The van der Waals surface area contributed by atoms with E-state index >= 15 is 0 Å². The molecule has 3 rings (SSSR count). The molecule has 0 unspecified atom stereocenters. The Morgan fingerprint density at radius 3 is 2.66 bits per heavy atom. The molecule has 0 radical (unpaired) electrons. The van der Waals surface area contributed by atoms with E-state index in [0.717, 1.165) is 11.1 Å². The third kappa shape index (κ3) is 5.22. The second-order valence-electron chi connectivity index (χ2n) is 7.67. The van der Waals surface area contributed by atoms with E-state index in [-0.39, 0.29) is 23.6 Å². The molecule has 0 bridgehead atoms. The molecule has 0 atom stereocenters. The lowest BCUT2D eigenvalue weighted by molar-refractivity contribution is -0.137. The Morgan fingerprint density at radius 2 is 2.03 bits per heavy atom. The highest BCUT2D eigenvalue weighted by atomic mass is 19.4. The van der Waals surface area contributed by atoms with Crippen LogP contribution in [0.1, 0.15) is 26.3 Å². The van der Waals surface area contributed by atoms with Crippen molar-refractivity contribution in [3.05, 3.63) is 36.2 Å². The number of aromatic nitrogens is 4. The molecule has 170 valence electrons. The summed E-state index contributed by atoms with van der Waals surface area (Å²) in [6, 6.07) is 3.85. The maximum absolute atomic E-state index is 13.1. The van der Waals surface area contributed by atoms with Gasteiger partial charge in [-0.3, -0.25) is 5.43 Å². The number of nitrogens with one attached hydrogen (secondary N) is 1. The molecule has 3 heterocycles. The number of hydrogen-bond acceptors (Lipinski definition) is 8. The first-order valence-electron chi connectivity index (χ1n) is 9.28. The highest BCUT2D eigenvalue weighted by Crippen LogP contribution is 2.34. The van der Waals surface area contributed by atoms with Gasteiger partial charge in [-0.2, -0.15) is 18.3 Å². The standard InChI is InChI=1S/C19H20F3N7O3/c1-18(2,3)32-17(31)28(6-7-30)27-14-10-29-15(25-14)5-4-13(26-29)11-8-12(19(20,21)22)16(23)24-9-11/h4-5,7-10,27H,6H2,1-3H3,(H2,23,24). The van der Waals surface area contributed by atoms with Crippen molar-refractivity contribution in [3.8, 4) is 11.3 Å². The van der Waals surface area contributed by atoms with Crippen LogP contribution in [0.5, 0.6) is 0 Å². The first-order valence-corrected chi connectivity index (χ1v) is 9.28. The second-order valence-corrected chi connectivity index (χ2v) is 7.67. The van der Waals surface area contributed by atoms with Gasteiger partial charge in [0.1, 0.15) is 24.2 Å². The van der Waals surface area contributed by atoms with Crippen molar-refractivity contribution in [2.24, 2.45) is 0 Å². The summed E-state index contributed by atoms with van der Waals surface area (Å²) in [4.78, 5) is 31.1. The number of ether oxygens (including phenoxy) is 1. The van der Waals surface area contributed by atoms with Gasteiger partial charge in [0.25, 0.3) is 0 Å². The Bertz CT molecular complexity index is 1160. The van der Waals surface area contributed by atoms with Crippen LogP contribution < -0.4 is 11.2 Å². The van der Waals surface area contributed by atoms with Gasteiger partial charge < -0.3 is 15.3 Å². The Morgan fingerprint density at radius 1 is 1.31 bits per heavy atom. The molecule has 0 aromatic carbocycles. The van der Waals surface area contributed by atoms with Crippen molar-refractivity contribution >= 4 is 29.7 Å². The summed E-state index contributed by atoms with van der Waals surface area (Å²) in [7, 11) is 0. The van der Waals surface area contributed by atoms with Gasteiger partial charge in [-0.05, 0) is 39.0 Å². The number of imidazole rings is 1. The topological polar surface area (TPSA) is 128 Å². The molecule has 0 aliphatic heterocycles. The van der Waals surface area contributed by atoms with Crippen molar-refractivity contribution in [2.75, 3.05) is 17.7 Å². The molecule has 0 fully saturated rings. The third-order valence-corrected chi connectivity index (χ3v) is 3.96. The van der Waals surface area contributed by atoms with Crippen molar-refractivity contribution in [3.63, 3.8) is 0 Å². The zero-order valence-electron chi connectivity index (χ0n) is 17.3. The number of hydrazine groups is 1. The SMILES string of the molecule is CC(C)(C)OC(=O)N(CC=O)Nc1cn2nc(-c3cnc(N)c(C(F)(F)F)c3)ccc2n1. The summed E-state index contributed by atoms with van der Waals surface area (Å²) in [5.41, 5.74) is 6.80. The van der Waals surface area contributed by atoms with E-state index in [2.05, 4.69) is 20.5 Å². The van der Waals surface area contributed by atoms with Crippen LogP contribution >= 0.6 is 0 Å². The Balaban J connectivity index is 1.89. The molecule has 3 N–H and O–H groups in total. The zero-order valence-corrected chi connectivity index (χ0v) is 17.3. The number of pyridine rings is 1. The molecule has 10 nitrogen and oxygen atoms in total. The van der Waals surface area contributed by atoms with Crippen LogP contribution in [-0.4, -0.2) is 49.1 Å². The maximum atomic E-state index is 13.1. The van der Waals surface area contributed by atoms with Crippen LogP contribution in [0.2, 0.25) is 0 Å². The predicted octanol–water partition coefficient (Wildman–Crippen LogP) is 3.16. The number of halogens is 3. The first-order chi connectivity index (χ1) is 14.9. The molecule has 1 amide bonds. The number of nitrogens with two attached hydrogens (primary N) is 1. The van der Waals surface area contributed by atoms with E-state index in [1.807, 2.05) is 0 Å². The fourth-order valence-corrected chi connectivity index (χ4v) is 2.63. The molecule has 0 spiro atoms. The van der Waals surface area contributed by atoms with Crippen LogP contribution in [0, 0.1) is 0 Å². The first kappa shape index (κ1) is 22.8. The summed E-state index contributed by atoms with van der Waals surface area (Å²) in [6.07, 6.45) is -2.36.